The average Bonchev–Trinajstić information content (AvgIpc) is 2.53. The maximum Gasteiger partial charge on any atom is 0.147 e. The van der Waals surface area contributed by atoms with Crippen molar-refractivity contribution < 1.29 is 9.84 Å². The molecule has 2 rings (SSSR count). The molecule has 0 saturated carbocycles. The van der Waals surface area contributed by atoms with E-state index in [1.165, 1.54) is 11.3 Å². The van der Waals surface area contributed by atoms with Crippen molar-refractivity contribution >= 4 is 27.3 Å². The van der Waals surface area contributed by atoms with Crippen LogP contribution in [0.15, 0.2) is 9.98 Å². The van der Waals surface area contributed by atoms with Crippen molar-refractivity contribution in [3.63, 3.8) is 0 Å². The number of hydrogen-bond donors (Lipinski definition) is 1. The maximum atomic E-state index is 10.8. The van der Waals surface area contributed by atoms with E-state index in [-0.39, 0.29) is 5.60 Å². The van der Waals surface area contributed by atoms with E-state index in [4.69, 9.17) is 4.74 Å². The molecule has 1 saturated heterocycles. The van der Waals surface area contributed by atoms with E-state index in [2.05, 4.69) is 20.9 Å². The molecular weight excluding hydrogens is 290 g/mol. The maximum absolute atomic E-state index is 10.8. The summed E-state index contributed by atoms with van der Waals surface area (Å²) in [5.74, 6) is 0. The Hall–Kier alpha value is 0.0300. The van der Waals surface area contributed by atoms with Crippen LogP contribution in [0.25, 0.3) is 0 Å². The van der Waals surface area contributed by atoms with Gasteiger partial charge in [-0.3, -0.25) is 0 Å². The lowest BCUT2D eigenvalue weighted by molar-refractivity contribution is -0.129. The second-order valence-corrected chi connectivity index (χ2v) is 7.06. The van der Waals surface area contributed by atoms with Crippen molar-refractivity contribution in [2.24, 2.45) is 0 Å². The molecule has 0 spiro atoms. The molecular formula is C11H16BrNO2S. The predicted octanol–water partition coefficient (Wildman–Crippen LogP) is 3.07. The normalized spacial score (nSPS) is 31.9. The molecule has 3 nitrogen and oxygen atoms in total. The SMILES string of the molecule is CC1(C)CC(O)(c2nc(Br)cs2)C(C)(C)O1. The molecule has 0 aromatic carbocycles. The number of halogens is 1. The number of aromatic nitrogens is 1. The van der Waals surface area contributed by atoms with Gasteiger partial charge in [-0.15, -0.1) is 11.3 Å². The average molecular weight is 306 g/mol. The Bertz CT molecular complexity index is 416. The highest BCUT2D eigenvalue weighted by atomic mass is 79.9. The topological polar surface area (TPSA) is 42.4 Å². The summed E-state index contributed by atoms with van der Waals surface area (Å²) in [4.78, 5) is 4.33. The Labute approximate surface area is 108 Å². The van der Waals surface area contributed by atoms with Crippen LogP contribution in [-0.4, -0.2) is 21.3 Å². The molecule has 1 aliphatic rings. The third-order valence-corrected chi connectivity index (χ3v) is 4.74. The van der Waals surface area contributed by atoms with E-state index in [1.807, 2.05) is 33.1 Å². The molecule has 1 aromatic heterocycles. The minimum atomic E-state index is -1.01. The van der Waals surface area contributed by atoms with E-state index in [0.29, 0.717) is 6.42 Å². The highest BCUT2D eigenvalue weighted by molar-refractivity contribution is 9.10. The zero-order chi connectivity index (χ0) is 12.2. The first-order chi connectivity index (χ1) is 7.16. The number of aliphatic hydroxyl groups is 1. The van der Waals surface area contributed by atoms with Crippen LogP contribution in [0.5, 0.6) is 0 Å². The molecule has 2 heterocycles. The Balaban J connectivity index is 2.45. The Morgan fingerprint density at radius 1 is 1.44 bits per heavy atom. The summed E-state index contributed by atoms with van der Waals surface area (Å²) in [7, 11) is 0. The van der Waals surface area contributed by atoms with Crippen LogP contribution in [0.4, 0.5) is 0 Å². The zero-order valence-electron chi connectivity index (χ0n) is 9.87. The van der Waals surface area contributed by atoms with E-state index in [0.717, 1.165) is 9.61 Å². The molecule has 0 radical (unpaired) electrons. The summed E-state index contributed by atoms with van der Waals surface area (Å²) in [5, 5.41) is 13.4. The van der Waals surface area contributed by atoms with Crippen molar-refractivity contribution in [1.82, 2.24) is 4.98 Å². The lowest BCUT2D eigenvalue weighted by Crippen LogP contribution is -2.43. The number of rotatable bonds is 1. The van der Waals surface area contributed by atoms with Gasteiger partial charge in [-0.25, -0.2) is 4.98 Å². The Morgan fingerprint density at radius 3 is 2.44 bits per heavy atom. The van der Waals surface area contributed by atoms with E-state index in [9.17, 15) is 5.11 Å². The second kappa shape index (κ2) is 3.51. The molecule has 0 aliphatic carbocycles. The van der Waals surface area contributed by atoms with Crippen molar-refractivity contribution in [3.05, 3.63) is 15.0 Å². The predicted molar refractivity (Wildman–Crippen MR) is 67.6 cm³/mol. The van der Waals surface area contributed by atoms with Gasteiger partial charge in [-0.05, 0) is 43.6 Å². The van der Waals surface area contributed by atoms with Crippen molar-refractivity contribution in [2.75, 3.05) is 0 Å². The molecule has 1 unspecified atom stereocenters. The fourth-order valence-electron chi connectivity index (χ4n) is 2.42. The number of nitrogens with zero attached hydrogens (tertiary/aromatic N) is 1. The van der Waals surface area contributed by atoms with E-state index < -0.39 is 11.2 Å². The van der Waals surface area contributed by atoms with Gasteiger partial charge in [0.25, 0.3) is 0 Å². The van der Waals surface area contributed by atoms with Gasteiger partial charge in [0.2, 0.25) is 0 Å². The molecule has 1 atom stereocenters. The van der Waals surface area contributed by atoms with Gasteiger partial charge in [0, 0.05) is 11.8 Å². The lowest BCUT2D eigenvalue weighted by atomic mass is 9.83. The molecule has 0 amide bonds. The molecule has 1 fully saturated rings. The standard InChI is InChI=1S/C11H16BrNO2S/c1-9(2)6-11(14,10(3,4)15-9)8-13-7(12)5-16-8/h5,14H,6H2,1-4H3. The summed E-state index contributed by atoms with van der Waals surface area (Å²) in [6.45, 7) is 7.82. The Morgan fingerprint density at radius 2 is 2.06 bits per heavy atom. The third-order valence-electron chi connectivity index (χ3n) is 3.04. The molecule has 90 valence electrons. The first-order valence-corrected chi connectivity index (χ1v) is 6.88. The summed E-state index contributed by atoms with van der Waals surface area (Å²) in [6.07, 6.45) is 0.562. The largest absolute Gasteiger partial charge is 0.380 e. The van der Waals surface area contributed by atoms with Gasteiger partial charge in [-0.2, -0.15) is 0 Å². The fraction of sp³-hybridized carbons (Fsp3) is 0.727. The van der Waals surface area contributed by atoms with Crippen molar-refractivity contribution in [2.45, 2.75) is 50.9 Å². The summed E-state index contributed by atoms with van der Waals surface area (Å²) in [6, 6.07) is 0. The minimum Gasteiger partial charge on any atom is -0.380 e. The van der Waals surface area contributed by atoms with Gasteiger partial charge in [-0.1, -0.05) is 0 Å². The van der Waals surface area contributed by atoms with Crippen LogP contribution in [0.1, 0.15) is 39.1 Å². The molecule has 1 N–H and O–H groups in total. The van der Waals surface area contributed by atoms with Crippen LogP contribution in [-0.2, 0) is 10.3 Å². The summed E-state index contributed by atoms with van der Waals surface area (Å²) < 4.78 is 6.68. The van der Waals surface area contributed by atoms with Crippen LogP contribution in [0.3, 0.4) is 0 Å². The monoisotopic (exact) mass is 305 g/mol. The van der Waals surface area contributed by atoms with Crippen LogP contribution in [0, 0.1) is 0 Å². The molecule has 5 heteroatoms. The number of hydrogen-bond acceptors (Lipinski definition) is 4. The third kappa shape index (κ3) is 1.83. The van der Waals surface area contributed by atoms with Crippen LogP contribution < -0.4 is 0 Å². The molecule has 16 heavy (non-hydrogen) atoms. The molecule has 1 aromatic rings. The van der Waals surface area contributed by atoms with E-state index in [1.54, 1.807) is 0 Å². The van der Waals surface area contributed by atoms with E-state index >= 15 is 0 Å². The first-order valence-electron chi connectivity index (χ1n) is 5.20. The summed E-state index contributed by atoms with van der Waals surface area (Å²) >= 11 is 4.78. The first kappa shape index (κ1) is 12.5. The Kier molecular flexibility index (Phi) is 2.74. The zero-order valence-corrected chi connectivity index (χ0v) is 12.3. The van der Waals surface area contributed by atoms with Gasteiger partial charge in [0.15, 0.2) is 0 Å². The van der Waals surface area contributed by atoms with Crippen LogP contribution in [0.2, 0.25) is 0 Å². The minimum absolute atomic E-state index is 0.323. The molecule has 0 bridgehead atoms. The number of ether oxygens (including phenoxy) is 1. The van der Waals surface area contributed by atoms with Gasteiger partial charge in [0.1, 0.15) is 15.2 Å². The highest BCUT2D eigenvalue weighted by Gasteiger charge is 2.58. The van der Waals surface area contributed by atoms with Gasteiger partial charge >= 0.3 is 0 Å². The second-order valence-electron chi connectivity index (χ2n) is 5.38. The molecule has 1 aliphatic heterocycles. The van der Waals surface area contributed by atoms with Gasteiger partial charge < -0.3 is 9.84 Å². The highest BCUT2D eigenvalue weighted by Crippen LogP contribution is 2.51. The lowest BCUT2D eigenvalue weighted by Gasteiger charge is -2.33. The van der Waals surface area contributed by atoms with Gasteiger partial charge in [0.05, 0.1) is 11.2 Å². The fourth-order valence-corrected chi connectivity index (χ4v) is 3.92. The van der Waals surface area contributed by atoms with Crippen molar-refractivity contribution in [3.8, 4) is 0 Å². The number of thiazole rings is 1. The van der Waals surface area contributed by atoms with Crippen LogP contribution >= 0.6 is 27.3 Å². The van der Waals surface area contributed by atoms with Crippen molar-refractivity contribution in [1.29, 1.82) is 0 Å². The smallest absolute Gasteiger partial charge is 0.147 e. The quantitative estimate of drug-likeness (QED) is 0.867. The summed E-state index contributed by atoms with van der Waals surface area (Å²) in [5.41, 5.74) is -1.95.